The summed E-state index contributed by atoms with van der Waals surface area (Å²) in [7, 11) is 3.90. The van der Waals surface area contributed by atoms with Crippen LogP contribution < -0.4 is 14.8 Å². The van der Waals surface area contributed by atoms with E-state index in [-0.39, 0.29) is 0 Å². The number of piperidine rings is 1. The number of aromatic nitrogens is 2. The number of nitrogens with zero attached hydrogens (tertiary/aromatic N) is 3. The number of carbonyl (C=O) groups is 1. The fourth-order valence-corrected chi connectivity index (χ4v) is 4.59. The van der Waals surface area contributed by atoms with Gasteiger partial charge in [-0.3, -0.25) is 4.79 Å². The number of likely N-dealkylation sites (tertiary alicyclic amines) is 1. The van der Waals surface area contributed by atoms with Gasteiger partial charge in [0.05, 0.1) is 24.9 Å². The van der Waals surface area contributed by atoms with Crippen molar-refractivity contribution in [2.75, 3.05) is 39.2 Å². The predicted molar refractivity (Wildman–Crippen MR) is 156 cm³/mol. The molecule has 0 bridgehead atoms. The SMILES string of the molecule is CCOc1ccc(NC=O)cc1.COc1cccc(-c2nc(C3CCCN(C)C3)n3ccccc23)c1.[CH3][Sb]. The van der Waals surface area contributed by atoms with Crippen LogP contribution in [-0.4, -0.2) is 77.6 Å². The molecule has 4 aromatic rings. The number of carbonyl (C=O) groups excluding carboxylic acids is 1. The molecule has 2 aromatic heterocycles. The van der Waals surface area contributed by atoms with Crippen LogP contribution in [0.4, 0.5) is 5.69 Å². The van der Waals surface area contributed by atoms with Gasteiger partial charge < -0.3 is 24.1 Å². The number of fused-ring (bicyclic) bond motifs is 1. The van der Waals surface area contributed by atoms with Crippen LogP contribution in [0, 0.1) is 0 Å². The summed E-state index contributed by atoms with van der Waals surface area (Å²) < 4.78 is 12.9. The van der Waals surface area contributed by atoms with Crippen LogP contribution in [0.1, 0.15) is 31.5 Å². The Hall–Kier alpha value is -3.02. The number of benzene rings is 2. The molecule has 8 heteroatoms. The number of anilines is 1. The molecule has 1 saturated heterocycles. The molecule has 7 nitrogen and oxygen atoms in total. The van der Waals surface area contributed by atoms with Crippen LogP contribution in [0.5, 0.6) is 11.5 Å². The van der Waals surface area contributed by atoms with E-state index in [1.165, 1.54) is 25.2 Å². The molecule has 2 radical (unpaired) electrons. The van der Waals surface area contributed by atoms with Gasteiger partial charge in [0.25, 0.3) is 0 Å². The Morgan fingerprint density at radius 1 is 1.08 bits per heavy atom. The van der Waals surface area contributed by atoms with Crippen molar-refractivity contribution < 1.29 is 14.3 Å². The minimum atomic E-state index is 0.484. The predicted octanol–water partition coefficient (Wildman–Crippen LogP) is 5.68. The van der Waals surface area contributed by atoms with E-state index in [9.17, 15) is 4.79 Å². The van der Waals surface area contributed by atoms with E-state index in [1.54, 1.807) is 42.3 Å². The fourth-order valence-electron chi connectivity index (χ4n) is 4.59. The third-order valence-electron chi connectivity index (χ3n) is 6.30. The Bertz CT molecular complexity index is 1280. The van der Waals surface area contributed by atoms with E-state index in [1.807, 2.05) is 31.2 Å². The van der Waals surface area contributed by atoms with E-state index in [4.69, 9.17) is 14.5 Å². The van der Waals surface area contributed by atoms with Crippen LogP contribution in [0.15, 0.2) is 72.9 Å². The molecular weight excluding hydrogens is 586 g/mol. The fraction of sp³-hybridized carbons (Fsp3) is 0.333. The summed E-state index contributed by atoms with van der Waals surface area (Å²) in [5.41, 5.74) is 4.08. The molecule has 1 unspecified atom stereocenters. The van der Waals surface area contributed by atoms with Gasteiger partial charge >= 0.3 is 27.9 Å². The zero-order chi connectivity index (χ0) is 27.3. The summed E-state index contributed by atoms with van der Waals surface area (Å²) in [6.07, 6.45) is 5.22. The molecule has 38 heavy (non-hydrogen) atoms. The number of likely N-dealkylation sites (N-methyl/N-ethyl adjacent to an activating group) is 1. The molecule has 0 aliphatic carbocycles. The Balaban J connectivity index is 0.000000242. The standard InChI is InChI=1S/C20H23N3O.C9H11NO2.CH3.Sb/c1-22-11-6-8-16(14-22)20-21-19(18-10-3-4-12-23(18)20)15-7-5-9-17(13-15)24-2;1-2-12-9-5-3-8(4-6-9)10-7-11;;/h3-5,7,9-10,12-13,16H,6,8,11,14H2,1-2H3;3-7H,2H2,1H3,(H,10,11);1H3;. The summed E-state index contributed by atoms with van der Waals surface area (Å²) in [6, 6.07) is 21.7. The quantitative estimate of drug-likeness (QED) is 0.212. The molecule has 1 aliphatic heterocycles. The van der Waals surface area contributed by atoms with Gasteiger partial charge in [0, 0.05) is 29.9 Å². The molecule has 5 rings (SSSR count). The van der Waals surface area contributed by atoms with Gasteiger partial charge in [-0.05, 0) is 81.9 Å². The molecule has 1 N–H and O–H groups in total. The Labute approximate surface area is 239 Å². The third-order valence-corrected chi connectivity index (χ3v) is 6.30. The number of methoxy groups -OCH3 is 1. The Kier molecular flexibility index (Phi) is 12.0. The first-order valence-electron chi connectivity index (χ1n) is 12.8. The summed E-state index contributed by atoms with van der Waals surface area (Å²) in [5, 5.41) is 2.54. The second kappa shape index (κ2) is 15.4. The molecule has 200 valence electrons. The van der Waals surface area contributed by atoms with Crippen molar-refractivity contribution in [1.82, 2.24) is 14.3 Å². The summed E-state index contributed by atoms with van der Waals surface area (Å²) in [4.78, 5) is 19.6. The van der Waals surface area contributed by atoms with Crippen LogP contribution in [0.2, 0.25) is 4.87 Å². The Morgan fingerprint density at radius 2 is 1.87 bits per heavy atom. The van der Waals surface area contributed by atoms with Crippen molar-refractivity contribution >= 4 is 40.6 Å². The number of imidazole rings is 1. The maximum absolute atomic E-state index is 10.0. The average molecular weight is 623 g/mol. The Morgan fingerprint density at radius 3 is 2.55 bits per heavy atom. The topological polar surface area (TPSA) is 68.1 Å². The van der Waals surface area contributed by atoms with Crippen molar-refractivity contribution in [2.45, 2.75) is 30.6 Å². The zero-order valence-corrected chi connectivity index (χ0v) is 25.2. The number of amides is 1. The first-order chi connectivity index (χ1) is 18.6. The molecule has 1 amide bonds. The molecule has 1 aliphatic rings. The van der Waals surface area contributed by atoms with Crippen LogP contribution in [0.25, 0.3) is 16.8 Å². The van der Waals surface area contributed by atoms with Gasteiger partial charge in [0.15, 0.2) is 0 Å². The first kappa shape index (κ1) is 29.5. The number of rotatable bonds is 7. The molecule has 1 fully saturated rings. The molecule has 0 saturated carbocycles. The van der Waals surface area contributed by atoms with E-state index in [2.05, 4.69) is 63.1 Å². The second-order valence-electron chi connectivity index (χ2n) is 8.83. The molecule has 1 atom stereocenters. The average Bonchev–Trinajstić information content (AvgIpc) is 3.36. The van der Waals surface area contributed by atoms with Gasteiger partial charge in [-0.2, -0.15) is 0 Å². The second-order valence-corrected chi connectivity index (χ2v) is 8.83. The van der Waals surface area contributed by atoms with E-state index in [0.29, 0.717) is 18.9 Å². The molecule has 3 heterocycles. The van der Waals surface area contributed by atoms with Gasteiger partial charge in [0.1, 0.15) is 17.3 Å². The monoisotopic (exact) mass is 622 g/mol. The molecule has 2 aromatic carbocycles. The molecule has 0 spiro atoms. The van der Waals surface area contributed by atoms with Crippen LogP contribution in [0.3, 0.4) is 0 Å². The number of pyridine rings is 1. The third kappa shape index (κ3) is 7.75. The van der Waals surface area contributed by atoms with E-state index in [0.717, 1.165) is 40.5 Å². The van der Waals surface area contributed by atoms with Crippen LogP contribution >= 0.6 is 0 Å². The molecular formula is C30H37N4O3Sb. The summed E-state index contributed by atoms with van der Waals surface area (Å²) in [5.74, 6) is 3.34. The van der Waals surface area contributed by atoms with E-state index < -0.39 is 0 Å². The first-order valence-corrected chi connectivity index (χ1v) is 15.4. The number of hydrogen-bond donors (Lipinski definition) is 1. The number of ether oxygens (including phenoxy) is 2. The minimum absolute atomic E-state index is 0.484. The van der Waals surface area contributed by atoms with Crippen molar-refractivity contribution in [1.29, 1.82) is 0 Å². The summed E-state index contributed by atoms with van der Waals surface area (Å²) >= 11 is 1.75. The van der Waals surface area contributed by atoms with E-state index >= 15 is 0 Å². The normalized spacial score (nSPS) is 14.9. The maximum atomic E-state index is 10.0. The van der Waals surface area contributed by atoms with Gasteiger partial charge in [-0.25, -0.2) is 4.98 Å². The van der Waals surface area contributed by atoms with Crippen molar-refractivity contribution in [3.63, 3.8) is 0 Å². The van der Waals surface area contributed by atoms with Crippen LogP contribution in [-0.2, 0) is 4.79 Å². The zero-order valence-electron chi connectivity index (χ0n) is 22.6. The van der Waals surface area contributed by atoms with Gasteiger partial charge in [-0.1, -0.05) is 18.2 Å². The van der Waals surface area contributed by atoms with Crippen molar-refractivity contribution in [2.24, 2.45) is 0 Å². The number of hydrogen-bond acceptors (Lipinski definition) is 5. The number of nitrogens with one attached hydrogen (secondary N) is 1. The van der Waals surface area contributed by atoms with Crippen molar-refractivity contribution in [3.05, 3.63) is 78.8 Å². The van der Waals surface area contributed by atoms with Gasteiger partial charge in [-0.15, -0.1) is 0 Å². The van der Waals surface area contributed by atoms with Gasteiger partial charge in [0.2, 0.25) is 6.41 Å². The van der Waals surface area contributed by atoms with Crippen molar-refractivity contribution in [3.8, 4) is 22.8 Å². The summed E-state index contributed by atoms with van der Waals surface area (Å²) in [6.45, 7) is 4.84.